The first-order chi connectivity index (χ1) is 13.5. The van der Waals surface area contributed by atoms with Crippen LogP contribution in [0.15, 0.2) is 18.2 Å². The van der Waals surface area contributed by atoms with Gasteiger partial charge in [0.25, 0.3) is 5.91 Å². The highest BCUT2D eigenvalue weighted by atomic mass is 16.6. The second-order valence-electron chi connectivity index (χ2n) is 8.71. The van der Waals surface area contributed by atoms with Crippen molar-refractivity contribution in [3.8, 4) is 0 Å². The Morgan fingerprint density at radius 1 is 1.17 bits per heavy atom. The Morgan fingerprint density at radius 3 is 2.48 bits per heavy atom. The minimum absolute atomic E-state index is 0.318. The molecule has 9 heteroatoms. The number of fused-ring (bicyclic) bond motifs is 2. The molecule has 1 aliphatic heterocycles. The summed E-state index contributed by atoms with van der Waals surface area (Å²) in [6.45, 7) is 5.27. The summed E-state index contributed by atoms with van der Waals surface area (Å²) >= 11 is 0. The lowest BCUT2D eigenvalue weighted by molar-refractivity contribution is -0.132. The molecular weight excluding hydrogens is 378 g/mol. The molecule has 0 radical (unpaired) electrons. The number of nitrogens with one attached hydrogen (secondary N) is 3. The molecule has 29 heavy (non-hydrogen) atoms. The van der Waals surface area contributed by atoms with Gasteiger partial charge in [-0.25, -0.2) is 9.59 Å². The van der Waals surface area contributed by atoms with E-state index in [-0.39, 0.29) is 5.91 Å². The van der Waals surface area contributed by atoms with Crippen LogP contribution in [0.4, 0.5) is 15.3 Å². The molecule has 1 saturated heterocycles. The van der Waals surface area contributed by atoms with Crippen LogP contribution in [0.3, 0.4) is 0 Å². The Labute approximate surface area is 167 Å². The number of ether oxygens (including phenoxy) is 2. The number of anilines is 1. The predicted octanol–water partition coefficient (Wildman–Crippen LogP) is 2.09. The lowest BCUT2D eigenvalue weighted by Crippen LogP contribution is -2.47. The quantitative estimate of drug-likeness (QED) is 0.713. The van der Waals surface area contributed by atoms with Gasteiger partial charge in [0, 0.05) is 17.7 Å². The number of hydrogen-bond donors (Lipinski definition) is 3. The van der Waals surface area contributed by atoms with Gasteiger partial charge in [-0.2, -0.15) is 0 Å². The summed E-state index contributed by atoms with van der Waals surface area (Å²) in [5.74, 6) is -0.780. The van der Waals surface area contributed by atoms with Gasteiger partial charge < -0.3 is 20.1 Å². The maximum absolute atomic E-state index is 12.7. The molecule has 1 atom stereocenters. The number of amides is 4. The number of carbonyl (C=O) groups excluding carboxylic acids is 4. The smallest absolute Gasteiger partial charge is 0.415 e. The molecule has 1 spiro atoms. The number of hydrogen-bond acceptors (Lipinski definition) is 6. The monoisotopic (exact) mass is 401 g/mol. The molecule has 1 unspecified atom stereocenters. The molecule has 154 valence electrons. The minimum Gasteiger partial charge on any atom is -0.444 e. The fraction of sp³-hybridized carbons (Fsp3) is 0.500. The van der Waals surface area contributed by atoms with Crippen molar-refractivity contribution in [3.05, 3.63) is 29.3 Å². The fourth-order valence-corrected chi connectivity index (χ4v) is 3.77. The van der Waals surface area contributed by atoms with Crippen LogP contribution >= 0.6 is 0 Å². The largest absolute Gasteiger partial charge is 0.444 e. The van der Waals surface area contributed by atoms with Crippen molar-refractivity contribution >= 4 is 29.7 Å². The van der Waals surface area contributed by atoms with Gasteiger partial charge in [0.15, 0.2) is 0 Å². The first kappa shape index (κ1) is 19.2. The van der Waals surface area contributed by atoms with E-state index >= 15 is 0 Å². The van der Waals surface area contributed by atoms with Crippen LogP contribution in [-0.2, 0) is 31.1 Å². The van der Waals surface area contributed by atoms with E-state index in [0.29, 0.717) is 36.9 Å². The second kappa shape index (κ2) is 6.20. The summed E-state index contributed by atoms with van der Waals surface area (Å²) in [6.07, 6.45) is 0.590. The van der Waals surface area contributed by atoms with Crippen LogP contribution in [0.1, 0.15) is 51.2 Å². The van der Waals surface area contributed by atoms with Crippen LogP contribution in [0, 0.1) is 0 Å². The third kappa shape index (κ3) is 3.41. The summed E-state index contributed by atoms with van der Waals surface area (Å²) in [6, 6.07) is 5.12. The van der Waals surface area contributed by atoms with Gasteiger partial charge in [-0.05, 0) is 57.7 Å². The van der Waals surface area contributed by atoms with E-state index < -0.39 is 34.8 Å². The summed E-state index contributed by atoms with van der Waals surface area (Å²) < 4.78 is 10.5. The lowest BCUT2D eigenvalue weighted by Gasteiger charge is -2.23. The highest BCUT2D eigenvalue weighted by Gasteiger charge is 2.54. The van der Waals surface area contributed by atoms with Crippen molar-refractivity contribution < 1.29 is 28.7 Å². The number of aryl methyl sites for hydroxylation is 1. The maximum atomic E-state index is 12.7. The van der Waals surface area contributed by atoms with Crippen molar-refractivity contribution in [2.45, 2.75) is 63.2 Å². The molecular formula is C20H23N3O6. The summed E-state index contributed by atoms with van der Waals surface area (Å²) in [4.78, 5) is 48.4. The Kier molecular flexibility index (Phi) is 4.11. The third-order valence-electron chi connectivity index (χ3n) is 5.32. The van der Waals surface area contributed by atoms with Gasteiger partial charge in [0.2, 0.25) is 11.5 Å². The normalized spacial score (nSPS) is 23.8. The van der Waals surface area contributed by atoms with E-state index in [9.17, 15) is 19.2 Å². The van der Waals surface area contributed by atoms with E-state index in [2.05, 4.69) is 16.0 Å². The van der Waals surface area contributed by atoms with Crippen LogP contribution in [0.2, 0.25) is 0 Å². The van der Waals surface area contributed by atoms with Gasteiger partial charge in [0.1, 0.15) is 11.1 Å². The zero-order valence-corrected chi connectivity index (χ0v) is 16.5. The Morgan fingerprint density at radius 2 is 1.90 bits per heavy atom. The van der Waals surface area contributed by atoms with E-state index in [1.54, 1.807) is 39.0 Å². The minimum atomic E-state index is -1.27. The van der Waals surface area contributed by atoms with Crippen molar-refractivity contribution in [3.63, 3.8) is 0 Å². The number of alkyl carbamates (subject to hydrolysis) is 2. The van der Waals surface area contributed by atoms with E-state index in [4.69, 9.17) is 9.47 Å². The highest BCUT2D eigenvalue weighted by molar-refractivity contribution is 6.04. The summed E-state index contributed by atoms with van der Waals surface area (Å²) in [5, 5.41) is 7.66. The molecule has 4 rings (SSSR count). The topological polar surface area (TPSA) is 123 Å². The number of carbonyl (C=O) groups is 4. The fourth-order valence-electron chi connectivity index (χ4n) is 3.77. The van der Waals surface area contributed by atoms with Gasteiger partial charge in [0.05, 0.1) is 0 Å². The van der Waals surface area contributed by atoms with E-state index in [1.165, 1.54) is 0 Å². The first-order valence-corrected chi connectivity index (χ1v) is 9.54. The lowest BCUT2D eigenvalue weighted by atomic mass is 9.95. The van der Waals surface area contributed by atoms with Gasteiger partial charge in [-0.3, -0.25) is 14.9 Å². The molecule has 1 aromatic carbocycles. The van der Waals surface area contributed by atoms with Crippen LogP contribution in [-0.4, -0.2) is 35.1 Å². The van der Waals surface area contributed by atoms with Crippen molar-refractivity contribution in [1.29, 1.82) is 0 Å². The molecule has 1 heterocycles. The van der Waals surface area contributed by atoms with Gasteiger partial charge in [-0.15, -0.1) is 0 Å². The molecule has 0 aromatic heterocycles. The maximum Gasteiger partial charge on any atom is 0.415 e. The molecule has 4 amide bonds. The van der Waals surface area contributed by atoms with Crippen LogP contribution in [0.5, 0.6) is 0 Å². The molecule has 1 saturated carbocycles. The summed E-state index contributed by atoms with van der Waals surface area (Å²) in [7, 11) is 0. The average molecular weight is 401 g/mol. The Bertz CT molecular complexity index is 931. The standard InChI is InChI=1S/C20H23N3O6/c1-18(2,3)28-17(27)23-19(8-9-19)14(24)21-12-4-5-13-11(10-12)6-7-20(13)15(25)22-16(26)29-20/h4-5,10H,6-9H2,1-3H3,(H,21,24)(H,23,27)(H,22,25,26). The zero-order valence-electron chi connectivity index (χ0n) is 16.5. The highest BCUT2D eigenvalue weighted by Crippen LogP contribution is 2.44. The van der Waals surface area contributed by atoms with Crippen molar-refractivity contribution in [2.24, 2.45) is 0 Å². The average Bonchev–Trinajstić information content (AvgIpc) is 3.20. The van der Waals surface area contributed by atoms with Gasteiger partial charge >= 0.3 is 12.2 Å². The molecule has 3 aliphatic rings. The Balaban J connectivity index is 1.46. The molecule has 3 N–H and O–H groups in total. The number of rotatable bonds is 3. The molecule has 0 bridgehead atoms. The number of imide groups is 1. The molecule has 1 aromatic rings. The summed E-state index contributed by atoms with van der Waals surface area (Å²) in [5.41, 5.74) is -0.881. The van der Waals surface area contributed by atoms with E-state index in [1.807, 2.05) is 0 Å². The van der Waals surface area contributed by atoms with Crippen LogP contribution in [0.25, 0.3) is 0 Å². The first-order valence-electron chi connectivity index (χ1n) is 9.54. The zero-order chi connectivity index (χ0) is 21.0. The van der Waals surface area contributed by atoms with Crippen molar-refractivity contribution in [2.75, 3.05) is 5.32 Å². The molecule has 9 nitrogen and oxygen atoms in total. The molecule has 2 fully saturated rings. The second-order valence-corrected chi connectivity index (χ2v) is 8.71. The third-order valence-corrected chi connectivity index (χ3v) is 5.32. The van der Waals surface area contributed by atoms with Gasteiger partial charge in [-0.1, -0.05) is 6.07 Å². The predicted molar refractivity (Wildman–Crippen MR) is 101 cm³/mol. The van der Waals surface area contributed by atoms with Crippen molar-refractivity contribution in [1.82, 2.24) is 10.6 Å². The van der Waals surface area contributed by atoms with Crippen LogP contribution < -0.4 is 16.0 Å². The Hall–Kier alpha value is -3.10. The molecule has 2 aliphatic carbocycles. The van der Waals surface area contributed by atoms with E-state index in [0.717, 1.165) is 5.56 Å². The number of benzene rings is 1. The SMILES string of the molecule is CC(C)(C)OC(=O)NC1(C(=O)Nc2ccc3c(c2)CCC32OC(=O)NC2=O)CC1.